The van der Waals surface area contributed by atoms with Crippen molar-refractivity contribution in [3.8, 4) is 17.3 Å². The minimum atomic E-state index is -0.340. The van der Waals surface area contributed by atoms with Crippen molar-refractivity contribution >= 4 is 39.9 Å². The highest BCUT2D eigenvalue weighted by molar-refractivity contribution is 7.17. The molecule has 37 heavy (non-hydrogen) atoms. The fourth-order valence-corrected chi connectivity index (χ4v) is 5.97. The number of halogens is 2. The highest BCUT2D eigenvalue weighted by Crippen LogP contribution is 2.37. The number of pyridine rings is 1. The number of fused-ring (bicyclic) bond motifs is 1. The first-order valence-corrected chi connectivity index (χ1v) is 13.5. The first-order chi connectivity index (χ1) is 18.0. The summed E-state index contributed by atoms with van der Waals surface area (Å²) in [4.78, 5) is 26.1. The number of rotatable bonds is 6. The van der Waals surface area contributed by atoms with Gasteiger partial charge in [-0.3, -0.25) is 4.79 Å². The fourth-order valence-electron chi connectivity index (χ4n) is 5.16. The topological polar surface area (TPSA) is 91.2 Å². The van der Waals surface area contributed by atoms with Crippen molar-refractivity contribution in [2.24, 2.45) is 0 Å². The summed E-state index contributed by atoms with van der Waals surface area (Å²) in [6.07, 6.45) is 7.22. The SMILES string of the molecule is O=C(NC1CCC[C@@H](n2c(-c3ccccc3F)nc3cnc(O[C@@H]4CCOC4)cc32)C1)c1ncc(Cl)s1. The van der Waals surface area contributed by atoms with E-state index < -0.39 is 0 Å². The Morgan fingerprint density at radius 1 is 1.22 bits per heavy atom. The Bertz CT molecular complexity index is 1440. The van der Waals surface area contributed by atoms with E-state index in [1.165, 1.54) is 12.3 Å². The van der Waals surface area contributed by atoms with Crippen molar-refractivity contribution in [2.45, 2.75) is 50.3 Å². The lowest BCUT2D eigenvalue weighted by Gasteiger charge is -2.32. The van der Waals surface area contributed by atoms with Crippen LogP contribution in [0.1, 0.15) is 47.9 Å². The molecule has 6 rings (SSSR count). The number of nitrogens with zero attached hydrogens (tertiary/aromatic N) is 4. The lowest BCUT2D eigenvalue weighted by molar-refractivity contribution is 0.0920. The number of nitrogens with one attached hydrogen (secondary N) is 1. The van der Waals surface area contributed by atoms with Crippen LogP contribution in [-0.4, -0.2) is 50.8 Å². The van der Waals surface area contributed by atoms with Gasteiger partial charge in [-0.2, -0.15) is 0 Å². The lowest BCUT2D eigenvalue weighted by atomic mass is 9.90. The molecule has 0 radical (unpaired) electrons. The van der Waals surface area contributed by atoms with E-state index in [2.05, 4.69) is 19.9 Å². The second kappa shape index (κ2) is 10.4. The molecule has 2 fully saturated rings. The third-order valence-corrected chi connectivity index (χ3v) is 7.97. The van der Waals surface area contributed by atoms with E-state index in [-0.39, 0.29) is 29.9 Å². The maximum atomic E-state index is 15.0. The molecule has 1 saturated heterocycles. The molecular weight excluding hydrogens is 517 g/mol. The largest absolute Gasteiger partial charge is 0.472 e. The van der Waals surface area contributed by atoms with Gasteiger partial charge in [0.1, 0.15) is 27.6 Å². The number of thiazole rings is 1. The van der Waals surface area contributed by atoms with Crippen molar-refractivity contribution < 1.29 is 18.7 Å². The Morgan fingerprint density at radius 3 is 2.89 bits per heavy atom. The van der Waals surface area contributed by atoms with Crippen LogP contribution in [0.2, 0.25) is 4.34 Å². The van der Waals surface area contributed by atoms with Crippen molar-refractivity contribution in [3.63, 3.8) is 0 Å². The van der Waals surface area contributed by atoms with Gasteiger partial charge in [-0.1, -0.05) is 35.1 Å². The maximum Gasteiger partial charge on any atom is 0.280 e. The molecule has 0 bridgehead atoms. The Morgan fingerprint density at radius 2 is 2.11 bits per heavy atom. The molecule has 192 valence electrons. The van der Waals surface area contributed by atoms with Crippen molar-refractivity contribution in [2.75, 3.05) is 13.2 Å². The van der Waals surface area contributed by atoms with Gasteiger partial charge in [0.25, 0.3) is 5.91 Å². The minimum Gasteiger partial charge on any atom is -0.472 e. The van der Waals surface area contributed by atoms with Crippen LogP contribution in [0.25, 0.3) is 22.4 Å². The predicted molar refractivity (Wildman–Crippen MR) is 139 cm³/mol. The Labute approximate surface area is 221 Å². The maximum absolute atomic E-state index is 15.0. The van der Waals surface area contributed by atoms with Crippen molar-refractivity contribution in [3.05, 3.63) is 57.9 Å². The zero-order chi connectivity index (χ0) is 25.4. The van der Waals surface area contributed by atoms with E-state index in [9.17, 15) is 9.18 Å². The van der Waals surface area contributed by atoms with Gasteiger partial charge in [0.2, 0.25) is 5.88 Å². The third kappa shape index (κ3) is 5.05. The highest BCUT2D eigenvalue weighted by atomic mass is 35.5. The van der Waals surface area contributed by atoms with Gasteiger partial charge in [-0.05, 0) is 37.8 Å². The van der Waals surface area contributed by atoms with Gasteiger partial charge in [0.15, 0.2) is 5.01 Å². The summed E-state index contributed by atoms with van der Waals surface area (Å²) in [5.41, 5.74) is 1.91. The van der Waals surface area contributed by atoms with Crippen LogP contribution < -0.4 is 10.1 Å². The molecule has 11 heteroatoms. The smallest absolute Gasteiger partial charge is 0.280 e. The Hall–Kier alpha value is -3.08. The molecule has 4 heterocycles. The molecule has 1 aromatic carbocycles. The van der Waals surface area contributed by atoms with Crippen LogP contribution in [0.15, 0.2) is 42.7 Å². The second-order valence-corrected chi connectivity index (χ2v) is 11.0. The molecule has 4 aromatic rings. The summed E-state index contributed by atoms with van der Waals surface area (Å²) < 4.78 is 29.0. The normalized spacial score (nSPS) is 21.8. The molecule has 8 nitrogen and oxygen atoms in total. The number of carbonyl (C=O) groups is 1. The first-order valence-electron chi connectivity index (χ1n) is 12.3. The number of hydrogen-bond donors (Lipinski definition) is 1. The molecule has 0 spiro atoms. The molecule has 1 aliphatic carbocycles. The average Bonchev–Trinajstić information content (AvgIpc) is 3.64. The van der Waals surface area contributed by atoms with Crippen LogP contribution in [-0.2, 0) is 4.74 Å². The zero-order valence-corrected chi connectivity index (χ0v) is 21.5. The summed E-state index contributed by atoms with van der Waals surface area (Å²) in [6.45, 7) is 1.21. The molecule has 1 aliphatic heterocycles. The highest BCUT2D eigenvalue weighted by Gasteiger charge is 2.30. The molecular formula is C26H25ClFN5O3S. The summed E-state index contributed by atoms with van der Waals surface area (Å²) in [5, 5.41) is 3.45. The summed E-state index contributed by atoms with van der Waals surface area (Å²) in [5.74, 6) is 0.462. The van der Waals surface area contributed by atoms with Crippen LogP contribution in [0.5, 0.6) is 5.88 Å². The molecule has 1 N–H and O–H groups in total. The quantitative estimate of drug-likeness (QED) is 0.350. The van der Waals surface area contributed by atoms with Gasteiger partial charge >= 0.3 is 0 Å². The summed E-state index contributed by atoms with van der Waals surface area (Å²) in [6, 6.07) is 8.46. The van der Waals surface area contributed by atoms with E-state index in [4.69, 9.17) is 26.1 Å². The fraction of sp³-hybridized carbons (Fsp3) is 0.385. The van der Waals surface area contributed by atoms with Gasteiger partial charge in [0.05, 0.1) is 36.7 Å². The third-order valence-electron chi connectivity index (χ3n) is 6.86. The van der Waals surface area contributed by atoms with Gasteiger partial charge < -0.3 is 19.4 Å². The number of carbonyl (C=O) groups excluding carboxylic acids is 1. The number of ether oxygens (including phenoxy) is 2. The summed E-state index contributed by atoms with van der Waals surface area (Å²) in [7, 11) is 0. The molecule has 3 aromatic heterocycles. The Kier molecular flexibility index (Phi) is 6.79. The lowest BCUT2D eigenvalue weighted by Crippen LogP contribution is -2.39. The number of amides is 1. The second-order valence-electron chi connectivity index (χ2n) is 9.36. The van der Waals surface area contributed by atoms with Crippen LogP contribution in [0, 0.1) is 5.82 Å². The van der Waals surface area contributed by atoms with Gasteiger partial charge in [-0.25, -0.2) is 19.3 Å². The van der Waals surface area contributed by atoms with E-state index >= 15 is 0 Å². The average molecular weight is 542 g/mol. The molecule has 2 aliphatic rings. The molecule has 1 amide bonds. The van der Waals surface area contributed by atoms with E-state index in [0.29, 0.717) is 51.8 Å². The number of aromatic nitrogens is 4. The van der Waals surface area contributed by atoms with Gasteiger partial charge in [-0.15, -0.1) is 0 Å². The van der Waals surface area contributed by atoms with Gasteiger partial charge in [0, 0.05) is 24.6 Å². The Balaban J connectivity index is 1.35. The van der Waals surface area contributed by atoms with Crippen LogP contribution in [0.4, 0.5) is 4.39 Å². The minimum absolute atomic E-state index is 0.0106. The number of hydrogen-bond acceptors (Lipinski definition) is 7. The zero-order valence-electron chi connectivity index (χ0n) is 19.9. The van der Waals surface area contributed by atoms with E-state index in [1.54, 1.807) is 24.4 Å². The van der Waals surface area contributed by atoms with Crippen LogP contribution in [0.3, 0.4) is 0 Å². The first kappa shape index (κ1) is 24.3. The molecule has 3 atom stereocenters. The monoisotopic (exact) mass is 541 g/mol. The number of benzene rings is 1. The van der Waals surface area contributed by atoms with Crippen molar-refractivity contribution in [1.29, 1.82) is 0 Å². The molecule has 1 unspecified atom stereocenters. The summed E-state index contributed by atoms with van der Waals surface area (Å²) >= 11 is 7.12. The van der Waals surface area contributed by atoms with E-state index in [0.717, 1.165) is 42.5 Å². The number of imidazole rings is 1. The predicted octanol–water partition coefficient (Wildman–Crippen LogP) is 5.43. The standard InChI is InChI=1S/C26H25ClFN5O3S/c27-22-13-30-26(37-22)25(34)31-15-4-3-5-16(10-15)33-21-11-23(36-17-8-9-35-14-17)29-12-20(21)32-24(33)18-6-1-2-7-19(18)28/h1-2,6-7,11-13,15-17H,3-5,8-10,14H2,(H,31,34)/t15?,16-,17-/m1/s1. The van der Waals surface area contributed by atoms with Crippen molar-refractivity contribution in [1.82, 2.24) is 24.8 Å². The molecule has 1 saturated carbocycles. The van der Waals surface area contributed by atoms with Crippen LogP contribution >= 0.6 is 22.9 Å². The van der Waals surface area contributed by atoms with E-state index in [1.807, 2.05) is 6.07 Å².